The number of piperidine rings is 1. The van der Waals surface area contributed by atoms with E-state index in [1.54, 1.807) is 6.20 Å². The minimum absolute atomic E-state index is 0.368. The standard InChI is InChI=1S/C13H19N5/c1-3-18-6-4-12(5-7-18)17(2)13-10-15-11(8-14)9-16-13/h9-10,12H,3-7H2,1-2H3. The Balaban J connectivity index is 1.98. The Hall–Kier alpha value is -1.67. The van der Waals surface area contributed by atoms with Crippen LogP contribution in [0.4, 0.5) is 5.82 Å². The van der Waals surface area contributed by atoms with Gasteiger partial charge < -0.3 is 9.80 Å². The van der Waals surface area contributed by atoms with Crippen LogP contribution in [-0.4, -0.2) is 47.6 Å². The van der Waals surface area contributed by atoms with Gasteiger partial charge in [-0.3, -0.25) is 0 Å². The fourth-order valence-electron chi connectivity index (χ4n) is 2.37. The van der Waals surface area contributed by atoms with Gasteiger partial charge in [-0.1, -0.05) is 6.92 Å². The number of nitrogens with zero attached hydrogens (tertiary/aromatic N) is 5. The first kappa shape index (κ1) is 12.8. The molecule has 1 fully saturated rings. The molecule has 1 aromatic rings. The van der Waals surface area contributed by atoms with Gasteiger partial charge in [-0.05, 0) is 19.4 Å². The lowest BCUT2D eigenvalue weighted by Gasteiger charge is -2.36. The first-order chi connectivity index (χ1) is 8.74. The number of hydrogen-bond acceptors (Lipinski definition) is 5. The van der Waals surface area contributed by atoms with Crippen LogP contribution >= 0.6 is 0 Å². The highest BCUT2D eigenvalue weighted by Gasteiger charge is 2.22. The SMILES string of the molecule is CCN1CCC(N(C)c2cnc(C#N)cn2)CC1. The molecule has 0 aliphatic carbocycles. The van der Waals surface area contributed by atoms with Gasteiger partial charge in [0, 0.05) is 26.2 Å². The van der Waals surface area contributed by atoms with Crippen LogP contribution in [0.5, 0.6) is 0 Å². The van der Waals surface area contributed by atoms with E-state index in [1.807, 2.05) is 6.07 Å². The van der Waals surface area contributed by atoms with Crippen LogP contribution in [0, 0.1) is 11.3 Å². The Morgan fingerprint density at radius 2 is 2.11 bits per heavy atom. The van der Waals surface area contributed by atoms with Crippen molar-refractivity contribution in [3.8, 4) is 6.07 Å². The van der Waals surface area contributed by atoms with E-state index < -0.39 is 0 Å². The Labute approximate surface area is 108 Å². The van der Waals surface area contributed by atoms with Crippen molar-refractivity contribution < 1.29 is 0 Å². The largest absolute Gasteiger partial charge is 0.355 e. The molecule has 0 aromatic carbocycles. The van der Waals surface area contributed by atoms with Crippen LogP contribution in [-0.2, 0) is 0 Å². The zero-order valence-corrected chi connectivity index (χ0v) is 11.0. The molecule has 2 rings (SSSR count). The van der Waals surface area contributed by atoms with Crippen molar-refractivity contribution in [3.63, 3.8) is 0 Å². The van der Waals surface area contributed by atoms with Gasteiger partial charge in [0.25, 0.3) is 0 Å². The highest BCUT2D eigenvalue weighted by Crippen LogP contribution is 2.19. The fraction of sp³-hybridized carbons (Fsp3) is 0.615. The molecule has 18 heavy (non-hydrogen) atoms. The van der Waals surface area contributed by atoms with E-state index in [0.29, 0.717) is 11.7 Å². The molecular formula is C13H19N5. The molecule has 0 radical (unpaired) electrons. The molecule has 5 nitrogen and oxygen atoms in total. The van der Waals surface area contributed by atoms with Crippen molar-refractivity contribution >= 4 is 5.82 Å². The molecule has 1 aliphatic rings. The van der Waals surface area contributed by atoms with E-state index in [2.05, 4.69) is 33.7 Å². The van der Waals surface area contributed by atoms with E-state index in [0.717, 1.165) is 38.3 Å². The third-order valence-corrected chi connectivity index (χ3v) is 3.67. The number of nitriles is 1. The molecule has 0 saturated carbocycles. The second kappa shape index (κ2) is 5.78. The molecule has 0 bridgehead atoms. The predicted octanol–water partition coefficient (Wildman–Crippen LogP) is 1.27. The predicted molar refractivity (Wildman–Crippen MR) is 70.3 cm³/mol. The normalized spacial score (nSPS) is 17.4. The Morgan fingerprint density at radius 3 is 2.61 bits per heavy atom. The monoisotopic (exact) mass is 245 g/mol. The molecule has 0 unspecified atom stereocenters. The van der Waals surface area contributed by atoms with Gasteiger partial charge in [-0.25, -0.2) is 9.97 Å². The highest BCUT2D eigenvalue weighted by molar-refractivity contribution is 5.37. The Morgan fingerprint density at radius 1 is 1.39 bits per heavy atom. The topological polar surface area (TPSA) is 56.0 Å². The summed E-state index contributed by atoms with van der Waals surface area (Å²) in [4.78, 5) is 13.0. The maximum Gasteiger partial charge on any atom is 0.158 e. The summed E-state index contributed by atoms with van der Waals surface area (Å²) in [6.07, 6.45) is 5.54. The van der Waals surface area contributed by atoms with Gasteiger partial charge in [0.2, 0.25) is 0 Å². The zero-order valence-electron chi connectivity index (χ0n) is 11.0. The number of anilines is 1. The van der Waals surface area contributed by atoms with Crippen LogP contribution in [0.1, 0.15) is 25.5 Å². The van der Waals surface area contributed by atoms with Crippen molar-refractivity contribution in [2.24, 2.45) is 0 Å². The first-order valence-corrected chi connectivity index (χ1v) is 6.42. The summed E-state index contributed by atoms with van der Waals surface area (Å²) in [6, 6.07) is 2.51. The quantitative estimate of drug-likeness (QED) is 0.802. The van der Waals surface area contributed by atoms with Crippen LogP contribution in [0.2, 0.25) is 0 Å². The van der Waals surface area contributed by atoms with Crippen molar-refractivity contribution in [2.45, 2.75) is 25.8 Å². The highest BCUT2D eigenvalue weighted by atomic mass is 15.2. The van der Waals surface area contributed by atoms with Gasteiger partial charge in [-0.15, -0.1) is 0 Å². The minimum Gasteiger partial charge on any atom is -0.355 e. The average Bonchev–Trinajstić information content (AvgIpc) is 2.47. The van der Waals surface area contributed by atoms with Crippen LogP contribution in [0.15, 0.2) is 12.4 Å². The lowest BCUT2D eigenvalue weighted by Crippen LogP contribution is -2.43. The lowest BCUT2D eigenvalue weighted by atomic mass is 10.0. The molecule has 1 saturated heterocycles. The maximum atomic E-state index is 8.70. The Bertz CT molecular complexity index is 414. The van der Waals surface area contributed by atoms with Crippen molar-refractivity contribution in [1.29, 1.82) is 5.26 Å². The van der Waals surface area contributed by atoms with E-state index in [1.165, 1.54) is 6.20 Å². The van der Waals surface area contributed by atoms with Gasteiger partial charge >= 0.3 is 0 Å². The summed E-state index contributed by atoms with van der Waals surface area (Å²) >= 11 is 0. The first-order valence-electron chi connectivity index (χ1n) is 6.42. The van der Waals surface area contributed by atoms with Gasteiger partial charge in [0.05, 0.1) is 12.4 Å². The summed E-state index contributed by atoms with van der Waals surface area (Å²) in [5, 5.41) is 8.70. The third-order valence-electron chi connectivity index (χ3n) is 3.67. The van der Waals surface area contributed by atoms with E-state index in [-0.39, 0.29) is 0 Å². The Kier molecular flexibility index (Phi) is 4.11. The molecule has 96 valence electrons. The lowest BCUT2D eigenvalue weighted by molar-refractivity contribution is 0.220. The van der Waals surface area contributed by atoms with Crippen molar-refractivity contribution in [1.82, 2.24) is 14.9 Å². The minimum atomic E-state index is 0.368. The van der Waals surface area contributed by atoms with E-state index >= 15 is 0 Å². The second-order valence-corrected chi connectivity index (χ2v) is 4.65. The van der Waals surface area contributed by atoms with E-state index in [4.69, 9.17) is 5.26 Å². The number of aromatic nitrogens is 2. The smallest absolute Gasteiger partial charge is 0.158 e. The van der Waals surface area contributed by atoms with Gasteiger partial charge in [-0.2, -0.15) is 5.26 Å². The van der Waals surface area contributed by atoms with Gasteiger partial charge in [0.1, 0.15) is 11.9 Å². The average molecular weight is 245 g/mol. The summed E-state index contributed by atoms with van der Waals surface area (Å²) < 4.78 is 0. The molecule has 0 amide bonds. The summed E-state index contributed by atoms with van der Waals surface area (Å²) in [5.41, 5.74) is 0.368. The molecule has 0 spiro atoms. The molecule has 0 N–H and O–H groups in total. The van der Waals surface area contributed by atoms with Crippen LogP contribution in [0.3, 0.4) is 0 Å². The molecule has 1 aromatic heterocycles. The van der Waals surface area contributed by atoms with Crippen molar-refractivity contribution in [2.75, 3.05) is 31.6 Å². The van der Waals surface area contributed by atoms with Crippen LogP contribution < -0.4 is 4.90 Å². The van der Waals surface area contributed by atoms with Crippen molar-refractivity contribution in [3.05, 3.63) is 18.1 Å². The molecular weight excluding hydrogens is 226 g/mol. The molecule has 1 aliphatic heterocycles. The summed E-state index contributed by atoms with van der Waals surface area (Å²) in [6.45, 7) is 5.63. The number of likely N-dealkylation sites (tertiary alicyclic amines) is 1. The fourth-order valence-corrected chi connectivity index (χ4v) is 2.37. The number of rotatable bonds is 3. The maximum absolute atomic E-state index is 8.70. The zero-order chi connectivity index (χ0) is 13.0. The van der Waals surface area contributed by atoms with E-state index in [9.17, 15) is 0 Å². The van der Waals surface area contributed by atoms with Crippen LogP contribution in [0.25, 0.3) is 0 Å². The molecule has 5 heteroatoms. The molecule has 2 heterocycles. The molecule has 0 atom stereocenters. The van der Waals surface area contributed by atoms with Gasteiger partial charge in [0.15, 0.2) is 5.69 Å². The summed E-state index contributed by atoms with van der Waals surface area (Å²) in [5.74, 6) is 0.851. The summed E-state index contributed by atoms with van der Waals surface area (Å²) in [7, 11) is 2.06. The number of hydrogen-bond donors (Lipinski definition) is 0. The third kappa shape index (κ3) is 2.77. The second-order valence-electron chi connectivity index (χ2n) is 4.65.